The fraction of sp³-hybridized carbons (Fsp3) is 0.500. The van der Waals surface area contributed by atoms with Crippen LogP contribution in [0.5, 0.6) is 5.75 Å². The molecule has 2 heterocycles. The molecule has 0 amide bonds. The lowest BCUT2D eigenvalue weighted by molar-refractivity contribution is -0.586. The number of benzene rings is 1. The van der Waals surface area contributed by atoms with Gasteiger partial charge in [-0.1, -0.05) is 25.3 Å². The Labute approximate surface area is 187 Å². The highest BCUT2D eigenvalue weighted by molar-refractivity contribution is 5.93. The molecule has 2 aliphatic rings. The number of alkyl halides is 2. The molecule has 0 saturated heterocycles. The van der Waals surface area contributed by atoms with Crippen molar-refractivity contribution in [2.75, 3.05) is 0 Å². The maximum absolute atomic E-state index is 13.6. The Bertz CT molecular complexity index is 1110. The lowest BCUT2D eigenvalue weighted by atomic mass is 9.81. The zero-order valence-corrected chi connectivity index (χ0v) is 18.5. The normalized spacial score (nSPS) is 19.2. The van der Waals surface area contributed by atoms with Crippen LogP contribution in [0.4, 0.5) is 8.78 Å². The number of aromatic amines is 1. The second-order valence-corrected chi connectivity index (χ2v) is 9.57. The van der Waals surface area contributed by atoms with E-state index in [1.54, 1.807) is 13.1 Å². The van der Waals surface area contributed by atoms with Gasteiger partial charge < -0.3 is 9.94 Å². The number of hydrogen-bond acceptors (Lipinski definition) is 2. The average Bonchev–Trinajstić information content (AvgIpc) is 3.22. The third kappa shape index (κ3) is 4.19. The molecule has 3 aromatic rings. The van der Waals surface area contributed by atoms with Gasteiger partial charge in [0.15, 0.2) is 0 Å². The summed E-state index contributed by atoms with van der Waals surface area (Å²) >= 11 is 0. The third-order valence-corrected chi connectivity index (χ3v) is 7.25. The summed E-state index contributed by atoms with van der Waals surface area (Å²) in [7, 11) is 0. The first-order chi connectivity index (χ1) is 15.4. The Hall–Kier alpha value is -2.63. The van der Waals surface area contributed by atoms with Crippen molar-refractivity contribution in [1.29, 1.82) is 0 Å². The summed E-state index contributed by atoms with van der Waals surface area (Å²) in [6.07, 6.45) is 8.18. The first-order valence-electron chi connectivity index (χ1n) is 11.8. The molecule has 0 spiro atoms. The maximum Gasteiger partial charge on any atom is 0.290 e. The van der Waals surface area contributed by atoms with Gasteiger partial charge in [-0.05, 0) is 68.4 Å². The van der Waals surface area contributed by atoms with Gasteiger partial charge in [0.25, 0.3) is 5.65 Å². The van der Waals surface area contributed by atoms with Crippen LogP contribution in [-0.2, 0) is 6.42 Å². The van der Waals surface area contributed by atoms with E-state index >= 15 is 0 Å². The number of nitrogens with one attached hydrogen (secondary N) is 1. The Kier molecular flexibility index (Phi) is 5.56. The number of aromatic nitrogens is 2. The lowest BCUT2D eigenvalue weighted by Crippen LogP contribution is -2.31. The van der Waals surface area contributed by atoms with Crippen LogP contribution in [0.25, 0.3) is 22.2 Å². The van der Waals surface area contributed by atoms with E-state index in [0.717, 1.165) is 33.6 Å². The molecular formula is C26H30F2N2O2. The molecule has 2 aromatic heterocycles. The van der Waals surface area contributed by atoms with Crippen molar-refractivity contribution in [1.82, 2.24) is 4.98 Å². The van der Waals surface area contributed by atoms with Crippen molar-refractivity contribution in [3.05, 3.63) is 53.0 Å². The van der Waals surface area contributed by atoms with Crippen LogP contribution in [0.3, 0.4) is 0 Å². The van der Waals surface area contributed by atoms with Gasteiger partial charge >= 0.3 is 0 Å². The number of ether oxygens (including phenoxy) is 1. The zero-order valence-electron chi connectivity index (χ0n) is 18.5. The van der Waals surface area contributed by atoms with Crippen molar-refractivity contribution >= 4 is 11.0 Å². The van der Waals surface area contributed by atoms with Crippen molar-refractivity contribution in [3.8, 4) is 16.9 Å². The van der Waals surface area contributed by atoms with E-state index in [4.69, 9.17) is 4.74 Å². The predicted molar refractivity (Wildman–Crippen MR) is 121 cm³/mol. The second-order valence-electron chi connectivity index (χ2n) is 9.57. The Morgan fingerprint density at radius 3 is 2.59 bits per heavy atom. The van der Waals surface area contributed by atoms with E-state index in [0.29, 0.717) is 29.9 Å². The Morgan fingerprint density at radius 1 is 1.09 bits per heavy atom. The van der Waals surface area contributed by atoms with Gasteiger partial charge in [0.2, 0.25) is 5.92 Å². The fourth-order valence-corrected chi connectivity index (χ4v) is 5.00. The number of fused-ring (bicyclic) bond motifs is 1. The van der Waals surface area contributed by atoms with Crippen molar-refractivity contribution in [3.63, 3.8) is 0 Å². The summed E-state index contributed by atoms with van der Waals surface area (Å²) in [5.74, 6) is -1.05. The molecule has 6 heteroatoms. The van der Waals surface area contributed by atoms with Gasteiger partial charge in [-0.2, -0.15) is 0 Å². The lowest BCUT2D eigenvalue weighted by Gasteiger charge is -2.29. The van der Waals surface area contributed by atoms with E-state index in [1.165, 1.54) is 31.2 Å². The molecule has 0 aliphatic heterocycles. The average molecular weight is 441 g/mol. The van der Waals surface area contributed by atoms with Gasteiger partial charge in [0.1, 0.15) is 11.4 Å². The van der Waals surface area contributed by atoms with Crippen molar-refractivity contribution in [2.24, 2.45) is 5.92 Å². The zero-order chi connectivity index (χ0) is 22.3. The highest BCUT2D eigenvalue weighted by Crippen LogP contribution is 2.40. The van der Waals surface area contributed by atoms with Gasteiger partial charge in [0.05, 0.1) is 17.7 Å². The molecule has 2 aliphatic carbocycles. The van der Waals surface area contributed by atoms with E-state index in [2.05, 4.69) is 17.1 Å². The van der Waals surface area contributed by atoms with E-state index < -0.39 is 5.92 Å². The largest absolute Gasteiger partial charge is 0.710 e. The molecule has 0 bridgehead atoms. The maximum atomic E-state index is 13.6. The number of H-pyrrole nitrogens is 1. The number of hydrogen-bond donors (Lipinski definition) is 1. The van der Waals surface area contributed by atoms with Crippen LogP contribution in [0.2, 0.25) is 0 Å². The molecule has 4 nitrogen and oxygen atoms in total. The summed E-state index contributed by atoms with van der Waals surface area (Å²) in [5.41, 5.74) is 4.23. The Morgan fingerprint density at radius 2 is 1.88 bits per heavy atom. The van der Waals surface area contributed by atoms with Crippen LogP contribution in [0.1, 0.15) is 62.6 Å². The molecular weight excluding hydrogens is 410 g/mol. The second kappa shape index (κ2) is 8.38. The number of pyridine rings is 1. The van der Waals surface area contributed by atoms with Gasteiger partial charge in [-0.25, -0.2) is 18.5 Å². The standard InChI is InChI=1S/C26H30F2N2O2/c1-17-15-22(21-11-14-29-25(21)30(17)31)23-16-19(6-5-18-3-2-4-18)7-8-24(23)32-20-9-12-26(27,28)13-10-20/h7-8,11,14-16,18,20,29H,2-6,9-10,12-13H2,1H3. The van der Waals surface area contributed by atoms with Crippen molar-refractivity contribution < 1.29 is 18.2 Å². The fourth-order valence-electron chi connectivity index (χ4n) is 5.00. The predicted octanol–water partition coefficient (Wildman–Crippen LogP) is 6.47. The highest BCUT2D eigenvalue weighted by atomic mass is 19.3. The van der Waals surface area contributed by atoms with Crippen LogP contribution >= 0.6 is 0 Å². The van der Waals surface area contributed by atoms with Crippen molar-refractivity contribution in [2.45, 2.75) is 76.7 Å². The van der Waals surface area contributed by atoms with Crippen LogP contribution in [0.15, 0.2) is 36.5 Å². The SMILES string of the molecule is Cc1cc(-c2cc(CCC3CCC3)ccc2OC2CCC(F)(F)CC2)c2cc[nH]c2[n+]1[O-]. The minimum Gasteiger partial charge on any atom is -0.710 e. The number of nitrogens with zero attached hydrogens (tertiary/aromatic N) is 1. The molecule has 0 radical (unpaired) electrons. The van der Waals surface area contributed by atoms with Gasteiger partial charge in [-0.15, -0.1) is 0 Å². The molecule has 0 unspecified atom stereocenters. The molecule has 1 N–H and O–H groups in total. The summed E-state index contributed by atoms with van der Waals surface area (Å²) in [4.78, 5) is 3.04. The molecule has 32 heavy (non-hydrogen) atoms. The van der Waals surface area contributed by atoms with Crippen LogP contribution < -0.4 is 9.47 Å². The molecule has 170 valence electrons. The first kappa shape index (κ1) is 21.2. The van der Waals surface area contributed by atoms with E-state index in [-0.39, 0.29) is 18.9 Å². The van der Waals surface area contributed by atoms with Crippen LogP contribution in [-0.4, -0.2) is 17.0 Å². The molecule has 2 saturated carbocycles. The van der Waals surface area contributed by atoms with E-state index in [1.807, 2.05) is 18.2 Å². The van der Waals surface area contributed by atoms with Gasteiger partial charge in [0, 0.05) is 24.0 Å². The first-order valence-corrected chi connectivity index (χ1v) is 11.8. The Balaban J connectivity index is 1.50. The van der Waals surface area contributed by atoms with Crippen LogP contribution in [0, 0.1) is 18.0 Å². The molecule has 5 rings (SSSR count). The quantitative estimate of drug-likeness (QED) is 0.353. The summed E-state index contributed by atoms with van der Waals surface area (Å²) < 4.78 is 34.5. The summed E-state index contributed by atoms with van der Waals surface area (Å²) in [5, 5.41) is 13.3. The number of rotatable bonds is 6. The monoisotopic (exact) mass is 440 g/mol. The number of aryl methyl sites for hydroxylation is 2. The minimum absolute atomic E-state index is 0.130. The number of halogens is 2. The third-order valence-electron chi connectivity index (χ3n) is 7.25. The smallest absolute Gasteiger partial charge is 0.290 e. The highest BCUT2D eigenvalue weighted by Gasteiger charge is 2.36. The molecule has 2 fully saturated rings. The summed E-state index contributed by atoms with van der Waals surface area (Å²) in [6, 6.07) is 10.1. The van der Waals surface area contributed by atoms with Gasteiger partial charge in [-0.3, -0.25) is 0 Å². The molecule has 1 aromatic carbocycles. The minimum atomic E-state index is -2.58. The molecule has 0 atom stereocenters. The topological polar surface area (TPSA) is 52.0 Å². The summed E-state index contributed by atoms with van der Waals surface area (Å²) in [6.45, 7) is 1.79. The van der Waals surface area contributed by atoms with E-state index in [9.17, 15) is 14.0 Å².